The number of hydrogen-bond donors (Lipinski definition) is 1. The lowest BCUT2D eigenvalue weighted by Gasteiger charge is -2.21. The van der Waals surface area contributed by atoms with E-state index in [0.29, 0.717) is 11.5 Å². The van der Waals surface area contributed by atoms with Gasteiger partial charge in [0.15, 0.2) is 0 Å². The quantitative estimate of drug-likeness (QED) is 0.503. The van der Waals surface area contributed by atoms with Crippen molar-refractivity contribution in [2.75, 3.05) is 17.1 Å². The third-order valence-electron chi connectivity index (χ3n) is 3.14. The summed E-state index contributed by atoms with van der Waals surface area (Å²) in [5.74, 6) is 0.458. The van der Waals surface area contributed by atoms with Crippen molar-refractivity contribution in [3.05, 3.63) is 50.3 Å². The fourth-order valence-electron chi connectivity index (χ4n) is 1.92. The van der Waals surface area contributed by atoms with E-state index in [1.165, 1.54) is 24.4 Å². The number of aryl methyl sites for hydroxylation is 1. The van der Waals surface area contributed by atoms with Crippen LogP contribution in [0.5, 0.6) is 0 Å². The number of carbonyl (C=O) groups excluding carboxylic acids is 1. The van der Waals surface area contributed by atoms with E-state index in [-0.39, 0.29) is 15.7 Å². The first-order valence-electron chi connectivity index (χ1n) is 7.08. The minimum absolute atomic E-state index is 0.176. The second-order valence-corrected chi connectivity index (χ2v) is 8.79. The van der Waals surface area contributed by atoms with Crippen molar-refractivity contribution in [1.29, 1.82) is 0 Å². The van der Waals surface area contributed by atoms with E-state index in [1.54, 1.807) is 13.0 Å². The molecule has 26 heavy (non-hydrogen) atoms. The fourth-order valence-corrected chi connectivity index (χ4v) is 3.37. The Kier molecular flexibility index (Phi) is 6.73. The van der Waals surface area contributed by atoms with Crippen LogP contribution in [0.15, 0.2) is 38.3 Å². The number of amides is 1. The number of nitrogens with zero attached hydrogens (tertiary/aromatic N) is 2. The number of sulfonamides is 1. The second kappa shape index (κ2) is 8.43. The lowest BCUT2D eigenvalue weighted by Crippen LogP contribution is -2.39. The second-order valence-electron chi connectivity index (χ2n) is 5.21. The molecule has 0 bridgehead atoms. The summed E-state index contributed by atoms with van der Waals surface area (Å²) in [4.78, 5) is 12.1. The van der Waals surface area contributed by atoms with Gasteiger partial charge in [0.2, 0.25) is 10.0 Å². The molecule has 140 valence electrons. The van der Waals surface area contributed by atoms with Gasteiger partial charge in [-0.25, -0.2) is 13.8 Å². The minimum Gasteiger partial charge on any atom is -0.459 e. The van der Waals surface area contributed by atoms with Gasteiger partial charge in [0.05, 0.1) is 32.7 Å². The average Bonchev–Trinajstić information content (AvgIpc) is 2.85. The van der Waals surface area contributed by atoms with Crippen molar-refractivity contribution in [2.24, 2.45) is 5.10 Å². The highest BCUT2D eigenvalue weighted by Gasteiger charge is 2.21. The van der Waals surface area contributed by atoms with Crippen LogP contribution in [0.4, 0.5) is 5.69 Å². The largest absolute Gasteiger partial charge is 0.459 e. The Morgan fingerprint density at radius 1 is 1.35 bits per heavy atom. The van der Waals surface area contributed by atoms with Crippen LogP contribution in [0.1, 0.15) is 11.5 Å². The first-order valence-corrected chi connectivity index (χ1v) is 10.5. The topological polar surface area (TPSA) is 92.0 Å². The lowest BCUT2D eigenvalue weighted by atomic mass is 10.3. The Morgan fingerprint density at radius 2 is 2.04 bits per heavy atom. The summed E-state index contributed by atoms with van der Waals surface area (Å²) in [5.41, 5.74) is 2.46. The Morgan fingerprint density at radius 3 is 2.58 bits per heavy atom. The summed E-state index contributed by atoms with van der Waals surface area (Å²) < 4.78 is 31.0. The molecule has 0 radical (unpaired) electrons. The van der Waals surface area contributed by atoms with Crippen molar-refractivity contribution in [3.63, 3.8) is 0 Å². The molecule has 1 amide bonds. The van der Waals surface area contributed by atoms with E-state index >= 15 is 0 Å². The predicted octanol–water partition coefficient (Wildman–Crippen LogP) is 3.57. The molecule has 0 saturated heterocycles. The highest BCUT2D eigenvalue weighted by atomic mass is 79.9. The third kappa shape index (κ3) is 5.47. The molecule has 0 spiro atoms. The van der Waals surface area contributed by atoms with Crippen molar-refractivity contribution < 1.29 is 17.6 Å². The first kappa shape index (κ1) is 20.8. The maximum atomic E-state index is 12.1. The Hall–Kier alpha value is -1.55. The number of anilines is 1. The number of rotatable bonds is 6. The van der Waals surface area contributed by atoms with Gasteiger partial charge in [-0.1, -0.05) is 23.2 Å². The molecule has 0 aliphatic carbocycles. The van der Waals surface area contributed by atoms with Crippen LogP contribution in [0.25, 0.3) is 0 Å². The van der Waals surface area contributed by atoms with Gasteiger partial charge in [0.25, 0.3) is 5.91 Å². The van der Waals surface area contributed by atoms with Crippen molar-refractivity contribution in [1.82, 2.24) is 5.43 Å². The molecule has 0 aliphatic heterocycles. The zero-order valence-corrected chi connectivity index (χ0v) is 17.6. The SMILES string of the molecule is Cc1oc(/C=N\NC(=O)CN(c2ccc(Cl)c(Cl)c2)S(C)(=O)=O)cc1Br. The maximum Gasteiger partial charge on any atom is 0.260 e. The van der Waals surface area contributed by atoms with Crippen LogP contribution in [0.3, 0.4) is 0 Å². The minimum atomic E-state index is -3.73. The summed E-state index contributed by atoms with van der Waals surface area (Å²) in [6.07, 6.45) is 2.29. The molecule has 1 N–H and O–H groups in total. The van der Waals surface area contributed by atoms with Gasteiger partial charge in [-0.05, 0) is 41.1 Å². The van der Waals surface area contributed by atoms with Crippen LogP contribution in [-0.2, 0) is 14.8 Å². The number of halogens is 3. The van der Waals surface area contributed by atoms with Gasteiger partial charge in [-0.3, -0.25) is 9.10 Å². The molecule has 2 rings (SSSR count). The van der Waals surface area contributed by atoms with Crippen molar-refractivity contribution in [3.8, 4) is 0 Å². The molecule has 0 aliphatic rings. The zero-order valence-electron chi connectivity index (χ0n) is 13.7. The molecule has 0 atom stereocenters. The Labute approximate surface area is 169 Å². The van der Waals surface area contributed by atoms with E-state index in [9.17, 15) is 13.2 Å². The number of benzene rings is 1. The van der Waals surface area contributed by atoms with E-state index in [1.807, 2.05) is 0 Å². The molecule has 1 heterocycles. The van der Waals surface area contributed by atoms with Crippen LogP contribution in [-0.4, -0.2) is 33.3 Å². The summed E-state index contributed by atoms with van der Waals surface area (Å²) in [5, 5.41) is 4.20. The molecular weight excluding hydrogens is 469 g/mol. The van der Waals surface area contributed by atoms with Gasteiger partial charge in [0.1, 0.15) is 18.1 Å². The summed E-state index contributed by atoms with van der Waals surface area (Å²) >= 11 is 15.0. The summed E-state index contributed by atoms with van der Waals surface area (Å²) in [7, 11) is -3.73. The zero-order chi connectivity index (χ0) is 19.5. The third-order valence-corrected chi connectivity index (χ3v) is 5.80. The number of nitrogens with one attached hydrogen (secondary N) is 1. The van der Waals surface area contributed by atoms with Crippen LogP contribution in [0, 0.1) is 6.92 Å². The van der Waals surface area contributed by atoms with Crippen LogP contribution in [0.2, 0.25) is 10.0 Å². The summed E-state index contributed by atoms with van der Waals surface area (Å²) in [6, 6.07) is 5.95. The summed E-state index contributed by atoms with van der Waals surface area (Å²) in [6.45, 7) is 1.29. The maximum absolute atomic E-state index is 12.1. The lowest BCUT2D eigenvalue weighted by molar-refractivity contribution is -0.119. The van der Waals surface area contributed by atoms with Crippen LogP contribution >= 0.6 is 39.1 Å². The number of furan rings is 1. The highest BCUT2D eigenvalue weighted by Crippen LogP contribution is 2.28. The fraction of sp³-hybridized carbons (Fsp3) is 0.200. The smallest absolute Gasteiger partial charge is 0.260 e. The molecule has 1 aromatic carbocycles. The first-order chi connectivity index (χ1) is 12.1. The standard InChI is InChI=1S/C15H14BrCl2N3O4S/c1-9-12(16)6-11(25-9)7-19-20-15(22)8-21(26(2,23)24)10-3-4-13(17)14(18)5-10/h3-7H,8H2,1-2H3,(H,20,22)/b19-7-. The Bertz CT molecular complexity index is 940. The number of hydrogen-bond acceptors (Lipinski definition) is 5. The molecule has 1 aromatic heterocycles. The van der Waals surface area contributed by atoms with Gasteiger partial charge >= 0.3 is 0 Å². The number of hydrazone groups is 1. The molecule has 0 unspecified atom stereocenters. The van der Waals surface area contributed by atoms with E-state index in [2.05, 4.69) is 26.5 Å². The van der Waals surface area contributed by atoms with Gasteiger partial charge in [-0.15, -0.1) is 0 Å². The Balaban J connectivity index is 2.10. The average molecular weight is 483 g/mol. The normalized spacial score (nSPS) is 11.7. The van der Waals surface area contributed by atoms with E-state index in [0.717, 1.165) is 15.0 Å². The van der Waals surface area contributed by atoms with Crippen LogP contribution < -0.4 is 9.73 Å². The molecule has 7 nitrogen and oxygen atoms in total. The van der Waals surface area contributed by atoms with E-state index < -0.39 is 22.5 Å². The predicted molar refractivity (Wildman–Crippen MR) is 106 cm³/mol. The van der Waals surface area contributed by atoms with Gasteiger partial charge < -0.3 is 4.42 Å². The molecule has 0 fully saturated rings. The van der Waals surface area contributed by atoms with Crippen molar-refractivity contribution in [2.45, 2.75) is 6.92 Å². The van der Waals surface area contributed by atoms with Crippen molar-refractivity contribution >= 4 is 67.0 Å². The molecule has 11 heteroatoms. The number of carbonyl (C=O) groups is 1. The monoisotopic (exact) mass is 481 g/mol. The highest BCUT2D eigenvalue weighted by molar-refractivity contribution is 9.10. The molecule has 0 saturated carbocycles. The van der Waals surface area contributed by atoms with Gasteiger partial charge in [-0.2, -0.15) is 5.10 Å². The van der Waals surface area contributed by atoms with Gasteiger partial charge in [0, 0.05) is 6.07 Å². The van der Waals surface area contributed by atoms with E-state index in [4.69, 9.17) is 27.6 Å². The molecule has 2 aromatic rings. The molecular formula is C15H14BrCl2N3O4S.